The van der Waals surface area contributed by atoms with Crippen LogP contribution in [0.25, 0.3) is 0 Å². The monoisotopic (exact) mass is 295 g/mol. The van der Waals surface area contributed by atoms with Crippen LogP contribution in [0.2, 0.25) is 0 Å². The van der Waals surface area contributed by atoms with Crippen LogP contribution in [-0.4, -0.2) is 58.9 Å². The standard InChI is InChI=1S/C16H29N3O2/c1-11(2)18(12(3)4)10-9-17-16(21)14-7-5-13-6-8-15(20)19(13)14/h11-14H,5-10H2,1-4H3,(H,17,21). The number of amides is 2. The second-order valence-electron chi connectivity index (χ2n) is 6.80. The van der Waals surface area contributed by atoms with Gasteiger partial charge in [-0.25, -0.2) is 0 Å². The molecular formula is C16H29N3O2. The average molecular weight is 295 g/mol. The lowest BCUT2D eigenvalue weighted by molar-refractivity contribution is -0.136. The quantitative estimate of drug-likeness (QED) is 0.805. The summed E-state index contributed by atoms with van der Waals surface area (Å²) in [4.78, 5) is 28.4. The van der Waals surface area contributed by atoms with Crippen LogP contribution in [0, 0.1) is 0 Å². The summed E-state index contributed by atoms with van der Waals surface area (Å²) in [5, 5.41) is 3.02. The molecule has 0 radical (unpaired) electrons. The normalized spacial score (nSPS) is 25.3. The number of rotatable bonds is 6. The van der Waals surface area contributed by atoms with E-state index in [9.17, 15) is 9.59 Å². The number of nitrogens with one attached hydrogen (secondary N) is 1. The Morgan fingerprint density at radius 1 is 1.24 bits per heavy atom. The van der Waals surface area contributed by atoms with Crippen molar-refractivity contribution < 1.29 is 9.59 Å². The largest absolute Gasteiger partial charge is 0.353 e. The summed E-state index contributed by atoms with van der Waals surface area (Å²) in [6.45, 7) is 10.2. The summed E-state index contributed by atoms with van der Waals surface area (Å²) in [6.07, 6.45) is 3.34. The van der Waals surface area contributed by atoms with Gasteiger partial charge in [0.1, 0.15) is 6.04 Å². The number of hydrogen-bond acceptors (Lipinski definition) is 3. The molecule has 0 saturated carbocycles. The van der Waals surface area contributed by atoms with Gasteiger partial charge in [-0.15, -0.1) is 0 Å². The second kappa shape index (κ2) is 6.77. The minimum absolute atomic E-state index is 0.0280. The first kappa shape index (κ1) is 16.3. The summed E-state index contributed by atoms with van der Waals surface area (Å²) in [6, 6.07) is 1.03. The zero-order valence-electron chi connectivity index (χ0n) is 13.8. The van der Waals surface area contributed by atoms with Crippen molar-refractivity contribution in [2.45, 2.75) is 77.5 Å². The van der Waals surface area contributed by atoms with E-state index in [4.69, 9.17) is 0 Å². The molecule has 2 fully saturated rings. The molecular weight excluding hydrogens is 266 g/mol. The van der Waals surface area contributed by atoms with Gasteiger partial charge in [-0.3, -0.25) is 14.5 Å². The minimum Gasteiger partial charge on any atom is -0.353 e. The van der Waals surface area contributed by atoms with Crippen LogP contribution in [-0.2, 0) is 9.59 Å². The molecule has 0 aromatic heterocycles. The Morgan fingerprint density at radius 3 is 2.52 bits per heavy atom. The van der Waals surface area contributed by atoms with Crippen molar-refractivity contribution in [2.24, 2.45) is 0 Å². The lowest BCUT2D eigenvalue weighted by Crippen LogP contribution is -2.48. The van der Waals surface area contributed by atoms with Crippen molar-refractivity contribution in [3.63, 3.8) is 0 Å². The third kappa shape index (κ3) is 3.57. The zero-order chi connectivity index (χ0) is 15.6. The fraction of sp³-hybridized carbons (Fsp3) is 0.875. The van der Waals surface area contributed by atoms with Gasteiger partial charge < -0.3 is 10.2 Å². The molecule has 21 heavy (non-hydrogen) atoms. The molecule has 1 N–H and O–H groups in total. The number of hydrogen-bond donors (Lipinski definition) is 1. The van der Waals surface area contributed by atoms with E-state index in [1.807, 2.05) is 4.90 Å². The zero-order valence-corrected chi connectivity index (χ0v) is 13.8. The molecule has 2 amide bonds. The molecule has 5 heteroatoms. The Bertz CT molecular complexity index is 387. The highest BCUT2D eigenvalue weighted by Gasteiger charge is 2.44. The van der Waals surface area contributed by atoms with Gasteiger partial charge in [0.15, 0.2) is 0 Å². The smallest absolute Gasteiger partial charge is 0.242 e. The molecule has 0 aromatic carbocycles. The topological polar surface area (TPSA) is 52.7 Å². The Hall–Kier alpha value is -1.10. The van der Waals surface area contributed by atoms with Crippen molar-refractivity contribution in [2.75, 3.05) is 13.1 Å². The van der Waals surface area contributed by atoms with Gasteiger partial charge in [0, 0.05) is 37.6 Å². The van der Waals surface area contributed by atoms with E-state index < -0.39 is 0 Å². The van der Waals surface area contributed by atoms with E-state index in [-0.39, 0.29) is 17.9 Å². The van der Waals surface area contributed by atoms with E-state index in [0.29, 0.717) is 31.1 Å². The Balaban J connectivity index is 1.81. The highest BCUT2D eigenvalue weighted by atomic mass is 16.2. The summed E-state index contributed by atoms with van der Waals surface area (Å²) in [5.41, 5.74) is 0. The maximum absolute atomic E-state index is 12.3. The minimum atomic E-state index is -0.225. The molecule has 2 heterocycles. The molecule has 0 spiro atoms. The molecule has 2 aliphatic rings. The van der Waals surface area contributed by atoms with Crippen LogP contribution >= 0.6 is 0 Å². The molecule has 2 unspecified atom stereocenters. The van der Waals surface area contributed by atoms with Crippen LogP contribution < -0.4 is 5.32 Å². The Kier molecular flexibility index (Phi) is 5.25. The van der Waals surface area contributed by atoms with Crippen LogP contribution in [0.3, 0.4) is 0 Å². The lowest BCUT2D eigenvalue weighted by atomic mass is 10.1. The third-order valence-corrected chi connectivity index (χ3v) is 4.78. The molecule has 2 saturated heterocycles. The fourth-order valence-corrected chi connectivity index (χ4v) is 3.76. The van der Waals surface area contributed by atoms with E-state index in [1.54, 1.807) is 0 Å². The van der Waals surface area contributed by atoms with E-state index in [1.165, 1.54) is 0 Å². The van der Waals surface area contributed by atoms with Crippen LogP contribution in [0.1, 0.15) is 53.4 Å². The number of nitrogens with zero attached hydrogens (tertiary/aromatic N) is 2. The Labute approximate surface area is 128 Å². The number of carbonyl (C=O) groups excluding carboxylic acids is 2. The van der Waals surface area contributed by atoms with Crippen LogP contribution in [0.15, 0.2) is 0 Å². The number of carbonyl (C=O) groups is 2. The second-order valence-corrected chi connectivity index (χ2v) is 6.80. The predicted molar refractivity (Wildman–Crippen MR) is 82.9 cm³/mol. The molecule has 0 aromatic rings. The first-order valence-corrected chi connectivity index (χ1v) is 8.26. The lowest BCUT2D eigenvalue weighted by Gasteiger charge is -2.31. The summed E-state index contributed by atoms with van der Waals surface area (Å²) >= 11 is 0. The molecule has 120 valence electrons. The summed E-state index contributed by atoms with van der Waals surface area (Å²) < 4.78 is 0. The van der Waals surface area contributed by atoms with Crippen molar-refractivity contribution in [1.82, 2.24) is 15.1 Å². The van der Waals surface area contributed by atoms with E-state index >= 15 is 0 Å². The van der Waals surface area contributed by atoms with Gasteiger partial charge in [0.25, 0.3) is 0 Å². The van der Waals surface area contributed by atoms with E-state index in [2.05, 4.69) is 37.9 Å². The van der Waals surface area contributed by atoms with Gasteiger partial charge in [-0.2, -0.15) is 0 Å². The van der Waals surface area contributed by atoms with Crippen molar-refractivity contribution in [3.8, 4) is 0 Å². The summed E-state index contributed by atoms with van der Waals surface area (Å²) in [5.74, 6) is 0.184. The highest BCUT2D eigenvalue weighted by Crippen LogP contribution is 2.33. The maximum Gasteiger partial charge on any atom is 0.242 e. The molecule has 5 nitrogen and oxygen atoms in total. The molecule has 2 rings (SSSR count). The maximum atomic E-state index is 12.3. The fourth-order valence-electron chi connectivity index (χ4n) is 3.76. The van der Waals surface area contributed by atoms with E-state index in [0.717, 1.165) is 25.8 Å². The van der Waals surface area contributed by atoms with Gasteiger partial charge in [0.05, 0.1) is 0 Å². The first-order valence-electron chi connectivity index (χ1n) is 8.26. The van der Waals surface area contributed by atoms with Crippen molar-refractivity contribution in [3.05, 3.63) is 0 Å². The molecule has 2 atom stereocenters. The average Bonchev–Trinajstić information content (AvgIpc) is 2.97. The molecule has 0 bridgehead atoms. The first-order chi connectivity index (χ1) is 9.91. The SMILES string of the molecule is CC(C)N(CCNC(=O)C1CCC2CCC(=O)N21)C(C)C. The van der Waals surface area contributed by atoms with Gasteiger partial charge in [0.2, 0.25) is 11.8 Å². The van der Waals surface area contributed by atoms with Gasteiger partial charge in [-0.05, 0) is 47.0 Å². The van der Waals surface area contributed by atoms with Gasteiger partial charge >= 0.3 is 0 Å². The van der Waals surface area contributed by atoms with Crippen molar-refractivity contribution >= 4 is 11.8 Å². The molecule has 2 aliphatic heterocycles. The van der Waals surface area contributed by atoms with Gasteiger partial charge in [-0.1, -0.05) is 0 Å². The number of fused-ring (bicyclic) bond motifs is 1. The van der Waals surface area contributed by atoms with Crippen LogP contribution in [0.5, 0.6) is 0 Å². The molecule has 0 aliphatic carbocycles. The van der Waals surface area contributed by atoms with Crippen molar-refractivity contribution in [1.29, 1.82) is 0 Å². The summed E-state index contributed by atoms with van der Waals surface area (Å²) in [7, 11) is 0. The van der Waals surface area contributed by atoms with Crippen LogP contribution in [0.4, 0.5) is 0 Å². The Morgan fingerprint density at radius 2 is 1.90 bits per heavy atom. The third-order valence-electron chi connectivity index (χ3n) is 4.78. The predicted octanol–water partition coefficient (Wildman–Crippen LogP) is 1.37. The highest BCUT2D eigenvalue weighted by molar-refractivity contribution is 5.89.